The maximum Gasteiger partial charge on any atom is 0.167 e. The van der Waals surface area contributed by atoms with Gasteiger partial charge >= 0.3 is 0 Å². The minimum atomic E-state index is -0.803. The summed E-state index contributed by atoms with van der Waals surface area (Å²) in [6, 6.07) is 10.7. The van der Waals surface area contributed by atoms with Crippen molar-refractivity contribution in [3.63, 3.8) is 0 Å². The zero-order valence-corrected chi connectivity index (χ0v) is 18.3. The third-order valence-corrected chi connectivity index (χ3v) is 5.19. The maximum atomic E-state index is 14.6. The van der Waals surface area contributed by atoms with E-state index in [2.05, 4.69) is 20.4 Å². The second kappa shape index (κ2) is 13.1. The van der Waals surface area contributed by atoms with Gasteiger partial charge in [0.1, 0.15) is 0 Å². The molecular formula is C27H34F2O. The van der Waals surface area contributed by atoms with Gasteiger partial charge in [-0.1, -0.05) is 74.4 Å². The summed E-state index contributed by atoms with van der Waals surface area (Å²) >= 11 is 0. The molecule has 1 unspecified atom stereocenters. The van der Waals surface area contributed by atoms with Gasteiger partial charge in [0.05, 0.1) is 6.10 Å². The molecule has 2 aromatic carbocycles. The van der Waals surface area contributed by atoms with Crippen molar-refractivity contribution in [1.82, 2.24) is 0 Å². The summed E-state index contributed by atoms with van der Waals surface area (Å²) in [7, 11) is 0. The van der Waals surface area contributed by atoms with Crippen LogP contribution in [0.3, 0.4) is 0 Å². The first-order valence-corrected chi connectivity index (χ1v) is 11.0. The molecule has 0 amide bonds. The number of ether oxygens (including phenoxy) is 1. The molecule has 2 rings (SSSR count). The van der Waals surface area contributed by atoms with E-state index in [4.69, 9.17) is 4.74 Å². The minimum absolute atomic E-state index is 0.238. The molecule has 30 heavy (non-hydrogen) atoms. The first-order valence-electron chi connectivity index (χ1n) is 11.0. The summed E-state index contributed by atoms with van der Waals surface area (Å²) in [6.45, 7) is 8.80. The maximum absolute atomic E-state index is 14.6. The molecule has 3 heteroatoms. The average molecular weight is 413 g/mol. The third-order valence-electron chi connectivity index (χ3n) is 5.19. The SMILES string of the molecule is C=CCc1ccc(-c2ccc(/C=C/CCCC(C)OCCCCC)c(F)c2F)cc1. The van der Waals surface area contributed by atoms with Crippen LogP contribution in [0.25, 0.3) is 17.2 Å². The lowest BCUT2D eigenvalue weighted by molar-refractivity contribution is 0.0566. The highest BCUT2D eigenvalue weighted by molar-refractivity contribution is 5.67. The monoisotopic (exact) mass is 412 g/mol. The Labute approximate surface area is 180 Å². The Bertz CT molecular complexity index is 808. The Balaban J connectivity index is 1.88. The summed E-state index contributed by atoms with van der Waals surface area (Å²) < 4.78 is 34.9. The van der Waals surface area contributed by atoms with Crippen molar-refractivity contribution in [2.45, 2.75) is 64.9 Å². The van der Waals surface area contributed by atoms with Crippen LogP contribution in [0.1, 0.15) is 63.5 Å². The fraction of sp³-hybridized carbons (Fsp3) is 0.407. The molecule has 0 saturated carbocycles. The number of benzene rings is 2. The van der Waals surface area contributed by atoms with Crippen molar-refractivity contribution < 1.29 is 13.5 Å². The van der Waals surface area contributed by atoms with Crippen LogP contribution >= 0.6 is 0 Å². The first kappa shape index (κ1) is 24.0. The number of hydrogen-bond acceptors (Lipinski definition) is 1. The molecule has 0 saturated heterocycles. The molecule has 2 aromatic rings. The number of hydrogen-bond donors (Lipinski definition) is 0. The van der Waals surface area contributed by atoms with Gasteiger partial charge in [-0.15, -0.1) is 6.58 Å². The molecule has 0 aliphatic heterocycles. The van der Waals surface area contributed by atoms with Crippen LogP contribution < -0.4 is 0 Å². The molecule has 0 spiro atoms. The zero-order chi connectivity index (χ0) is 21.8. The number of unbranched alkanes of at least 4 members (excludes halogenated alkanes) is 3. The molecule has 1 atom stereocenters. The van der Waals surface area contributed by atoms with Gasteiger partial charge in [0, 0.05) is 17.7 Å². The van der Waals surface area contributed by atoms with E-state index >= 15 is 0 Å². The molecule has 0 aliphatic carbocycles. The Morgan fingerprint density at radius 1 is 1.00 bits per heavy atom. The molecule has 0 heterocycles. The molecule has 0 N–H and O–H groups in total. The Kier molecular flexibility index (Phi) is 10.5. The molecule has 162 valence electrons. The second-order valence-electron chi connectivity index (χ2n) is 7.74. The highest BCUT2D eigenvalue weighted by Gasteiger charge is 2.13. The van der Waals surface area contributed by atoms with E-state index in [0.29, 0.717) is 5.56 Å². The van der Waals surface area contributed by atoms with Crippen molar-refractivity contribution in [2.24, 2.45) is 0 Å². The Morgan fingerprint density at radius 2 is 1.77 bits per heavy atom. The van der Waals surface area contributed by atoms with E-state index in [1.165, 1.54) is 12.8 Å². The van der Waals surface area contributed by atoms with Gasteiger partial charge in [-0.2, -0.15) is 0 Å². The highest BCUT2D eigenvalue weighted by Crippen LogP contribution is 2.27. The minimum Gasteiger partial charge on any atom is -0.379 e. The van der Waals surface area contributed by atoms with E-state index in [1.54, 1.807) is 18.2 Å². The summed E-state index contributed by atoms with van der Waals surface area (Å²) in [5, 5.41) is 0. The first-order chi connectivity index (χ1) is 14.6. The van der Waals surface area contributed by atoms with Crippen molar-refractivity contribution in [3.05, 3.63) is 77.9 Å². The number of allylic oxidation sites excluding steroid dienone is 2. The van der Waals surface area contributed by atoms with Crippen LogP contribution in [0.5, 0.6) is 0 Å². The molecular weight excluding hydrogens is 378 g/mol. The van der Waals surface area contributed by atoms with E-state index in [9.17, 15) is 8.78 Å². The fourth-order valence-electron chi connectivity index (χ4n) is 3.36. The molecule has 0 bridgehead atoms. The summed E-state index contributed by atoms with van der Waals surface area (Å²) in [5.74, 6) is -1.60. The third kappa shape index (κ3) is 7.53. The molecule has 0 aromatic heterocycles. The topological polar surface area (TPSA) is 9.23 Å². The lowest BCUT2D eigenvalue weighted by Gasteiger charge is -2.12. The van der Waals surface area contributed by atoms with Crippen LogP contribution in [0, 0.1) is 11.6 Å². The van der Waals surface area contributed by atoms with Crippen molar-refractivity contribution >= 4 is 6.08 Å². The van der Waals surface area contributed by atoms with Crippen LogP contribution in [0.4, 0.5) is 8.78 Å². The van der Waals surface area contributed by atoms with Crippen LogP contribution in [0.15, 0.2) is 55.1 Å². The second-order valence-corrected chi connectivity index (χ2v) is 7.74. The molecule has 0 fully saturated rings. The van der Waals surface area contributed by atoms with E-state index < -0.39 is 11.6 Å². The normalized spacial score (nSPS) is 12.4. The summed E-state index contributed by atoms with van der Waals surface area (Å²) in [4.78, 5) is 0. The van der Waals surface area contributed by atoms with Gasteiger partial charge in [0.2, 0.25) is 0 Å². The fourth-order valence-corrected chi connectivity index (χ4v) is 3.36. The zero-order valence-electron chi connectivity index (χ0n) is 18.3. The van der Waals surface area contributed by atoms with Gasteiger partial charge in [-0.3, -0.25) is 0 Å². The standard InChI is InChI=1S/C27H34F2O/c1-4-6-10-20-30-21(3)12-8-7-9-13-24-18-19-25(27(29)26(24)28)23-16-14-22(11-5-2)15-17-23/h5,9,13-19,21H,2,4,6-8,10-12,20H2,1,3H3/b13-9+. The van der Waals surface area contributed by atoms with Crippen molar-refractivity contribution in [1.29, 1.82) is 0 Å². The van der Waals surface area contributed by atoms with Crippen LogP contribution in [-0.2, 0) is 11.2 Å². The van der Waals surface area contributed by atoms with Crippen molar-refractivity contribution in [3.8, 4) is 11.1 Å². The molecule has 0 radical (unpaired) electrons. The van der Waals surface area contributed by atoms with E-state index in [0.717, 1.165) is 44.3 Å². The van der Waals surface area contributed by atoms with E-state index in [1.807, 2.05) is 36.4 Å². The smallest absolute Gasteiger partial charge is 0.167 e. The lowest BCUT2D eigenvalue weighted by atomic mass is 10.00. The molecule has 0 aliphatic rings. The Hall–Kier alpha value is -2.26. The number of halogens is 2. The number of rotatable bonds is 13. The predicted octanol–water partition coefficient (Wildman–Crippen LogP) is 8.14. The van der Waals surface area contributed by atoms with Gasteiger partial charge in [-0.05, 0) is 50.2 Å². The van der Waals surface area contributed by atoms with Gasteiger partial charge in [-0.25, -0.2) is 8.78 Å². The van der Waals surface area contributed by atoms with Gasteiger partial charge in [0.25, 0.3) is 0 Å². The van der Waals surface area contributed by atoms with Crippen LogP contribution in [0.2, 0.25) is 0 Å². The summed E-state index contributed by atoms with van der Waals surface area (Å²) in [6.07, 6.45) is 12.6. The predicted molar refractivity (Wildman–Crippen MR) is 124 cm³/mol. The van der Waals surface area contributed by atoms with E-state index in [-0.39, 0.29) is 17.2 Å². The molecule has 1 nitrogen and oxygen atoms in total. The van der Waals surface area contributed by atoms with Crippen LogP contribution in [-0.4, -0.2) is 12.7 Å². The Morgan fingerprint density at radius 3 is 2.47 bits per heavy atom. The average Bonchev–Trinajstić information content (AvgIpc) is 2.75. The lowest BCUT2D eigenvalue weighted by Crippen LogP contribution is -2.08. The summed E-state index contributed by atoms with van der Waals surface area (Å²) in [5.41, 5.74) is 2.32. The largest absolute Gasteiger partial charge is 0.379 e. The van der Waals surface area contributed by atoms with Crippen molar-refractivity contribution in [2.75, 3.05) is 6.61 Å². The highest BCUT2D eigenvalue weighted by atomic mass is 19.2. The van der Waals surface area contributed by atoms with Gasteiger partial charge in [0.15, 0.2) is 11.6 Å². The quantitative estimate of drug-likeness (QED) is 0.238. The van der Waals surface area contributed by atoms with Gasteiger partial charge < -0.3 is 4.74 Å².